The minimum Gasteiger partial charge on any atom is -0.326 e. The summed E-state index contributed by atoms with van der Waals surface area (Å²) in [6, 6.07) is 0. The minimum atomic E-state index is 0.529. The van der Waals surface area contributed by atoms with Crippen LogP contribution in [-0.2, 0) is 19.4 Å². The van der Waals surface area contributed by atoms with E-state index in [1.54, 1.807) is 11.8 Å². The summed E-state index contributed by atoms with van der Waals surface area (Å²) in [5.74, 6) is 0.623. The normalized spacial score (nSPS) is 13.1. The first-order valence-corrected chi connectivity index (χ1v) is 7.67. The van der Waals surface area contributed by atoms with Crippen LogP contribution in [0.5, 0.6) is 0 Å². The van der Waals surface area contributed by atoms with E-state index in [-0.39, 0.29) is 0 Å². The molecule has 0 aliphatic rings. The molecular weight excluding hydrogens is 242 g/mol. The minimum absolute atomic E-state index is 0.529. The monoisotopic (exact) mass is 267 g/mol. The number of aromatic nitrogens is 2. The predicted molar refractivity (Wildman–Crippen MR) is 78.8 cm³/mol. The van der Waals surface area contributed by atoms with Gasteiger partial charge in [0.25, 0.3) is 0 Å². The van der Waals surface area contributed by atoms with Gasteiger partial charge in [-0.05, 0) is 24.3 Å². The standard InChI is InChI=1S/C14H25N3S/c1-6-11-12(8-15)14(17-16-13(11)7-2)18-10(5)9(3)4/h9-10H,6-8,15H2,1-5H3. The number of hydrogen-bond donors (Lipinski definition) is 1. The fraction of sp³-hybridized carbons (Fsp3) is 0.714. The molecule has 2 N–H and O–H groups in total. The highest BCUT2D eigenvalue weighted by Crippen LogP contribution is 2.30. The molecule has 0 aliphatic carbocycles. The Morgan fingerprint density at radius 3 is 2.17 bits per heavy atom. The number of hydrogen-bond acceptors (Lipinski definition) is 4. The number of thioether (sulfide) groups is 1. The second kappa shape index (κ2) is 7.10. The maximum atomic E-state index is 5.92. The SMILES string of the molecule is CCc1nnc(SC(C)C(C)C)c(CN)c1CC. The van der Waals surface area contributed by atoms with Crippen molar-refractivity contribution < 1.29 is 0 Å². The lowest BCUT2D eigenvalue weighted by Crippen LogP contribution is -2.13. The van der Waals surface area contributed by atoms with Gasteiger partial charge in [0.2, 0.25) is 0 Å². The van der Waals surface area contributed by atoms with E-state index in [0.29, 0.717) is 17.7 Å². The van der Waals surface area contributed by atoms with Gasteiger partial charge in [0, 0.05) is 17.4 Å². The number of aryl methyl sites for hydroxylation is 1. The van der Waals surface area contributed by atoms with Gasteiger partial charge in [-0.1, -0.05) is 34.6 Å². The second-order valence-corrected chi connectivity index (χ2v) is 6.25. The van der Waals surface area contributed by atoms with Crippen LogP contribution in [0.4, 0.5) is 0 Å². The van der Waals surface area contributed by atoms with E-state index >= 15 is 0 Å². The van der Waals surface area contributed by atoms with Gasteiger partial charge in [-0.3, -0.25) is 0 Å². The van der Waals surface area contributed by atoms with Crippen LogP contribution >= 0.6 is 11.8 Å². The fourth-order valence-electron chi connectivity index (χ4n) is 1.85. The van der Waals surface area contributed by atoms with Crippen molar-refractivity contribution in [3.63, 3.8) is 0 Å². The van der Waals surface area contributed by atoms with Crippen molar-refractivity contribution in [1.29, 1.82) is 0 Å². The third-order valence-corrected chi connectivity index (χ3v) is 4.83. The highest BCUT2D eigenvalue weighted by atomic mass is 32.2. The molecule has 0 fully saturated rings. The smallest absolute Gasteiger partial charge is 0.124 e. The third-order valence-electron chi connectivity index (χ3n) is 3.36. The third kappa shape index (κ3) is 3.45. The van der Waals surface area contributed by atoms with Crippen molar-refractivity contribution in [2.75, 3.05) is 0 Å². The molecule has 1 heterocycles. The van der Waals surface area contributed by atoms with Crippen molar-refractivity contribution in [3.8, 4) is 0 Å². The Hall–Kier alpha value is -0.610. The molecule has 0 amide bonds. The van der Waals surface area contributed by atoms with Gasteiger partial charge in [0.15, 0.2) is 0 Å². The van der Waals surface area contributed by atoms with Crippen LogP contribution in [0.25, 0.3) is 0 Å². The molecular formula is C14H25N3S. The summed E-state index contributed by atoms with van der Waals surface area (Å²) < 4.78 is 0. The van der Waals surface area contributed by atoms with Gasteiger partial charge in [-0.25, -0.2) is 0 Å². The van der Waals surface area contributed by atoms with Crippen molar-refractivity contribution >= 4 is 11.8 Å². The number of nitrogens with two attached hydrogens (primary N) is 1. The predicted octanol–water partition coefficient (Wildman–Crippen LogP) is 3.20. The lowest BCUT2D eigenvalue weighted by Gasteiger charge is -2.18. The van der Waals surface area contributed by atoms with E-state index in [4.69, 9.17) is 5.73 Å². The Bertz CT molecular complexity index is 391. The molecule has 0 aliphatic heterocycles. The summed E-state index contributed by atoms with van der Waals surface area (Å²) in [5, 5.41) is 10.3. The Morgan fingerprint density at radius 1 is 1.06 bits per heavy atom. The van der Waals surface area contributed by atoms with Crippen LogP contribution in [0.2, 0.25) is 0 Å². The van der Waals surface area contributed by atoms with Crippen molar-refractivity contribution in [1.82, 2.24) is 10.2 Å². The molecule has 0 spiro atoms. The zero-order valence-electron chi connectivity index (χ0n) is 12.2. The number of nitrogens with zero attached hydrogens (tertiary/aromatic N) is 2. The first-order chi connectivity index (χ1) is 8.54. The lowest BCUT2D eigenvalue weighted by atomic mass is 10.0. The number of rotatable bonds is 6. The molecule has 1 aromatic rings. The van der Waals surface area contributed by atoms with E-state index in [0.717, 1.165) is 23.6 Å². The summed E-state index contributed by atoms with van der Waals surface area (Å²) >= 11 is 1.80. The van der Waals surface area contributed by atoms with Gasteiger partial charge in [0.1, 0.15) is 5.03 Å². The Kier molecular flexibility index (Phi) is 6.09. The molecule has 102 valence electrons. The van der Waals surface area contributed by atoms with Crippen LogP contribution in [0, 0.1) is 5.92 Å². The summed E-state index contributed by atoms with van der Waals surface area (Å²) in [5.41, 5.74) is 9.51. The van der Waals surface area contributed by atoms with Crippen LogP contribution in [0.1, 0.15) is 51.4 Å². The topological polar surface area (TPSA) is 51.8 Å². The van der Waals surface area contributed by atoms with E-state index < -0.39 is 0 Å². The Balaban J connectivity index is 3.12. The van der Waals surface area contributed by atoms with E-state index in [9.17, 15) is 0 Å². The molecule has 0 bridgehead atoms. The van der Waals surface area contributed by atoms with Crippen LogP contribution < -0.4 is 5.73 Å². The summed E-state index contributed by atoms with van der Waals surface area (Å²) in [7, 11) is 0. The fourth-order valence-corrected chi connectivity index (χ4v) is 2.91. The molecule has 4 heteroatoms. The maximum absolute atomic E-state index is 5.92. The van der Waals surface area contributed by atoms with Crippen molar-refractivity contribution in [3.05, 3.63) is 16.8 Å². The van der Waals surface area contributed by atoms with E-state index in [1.165, 1.54) is 11.1 Å². The molecule has 0 radical (unpaired) electrons. The highest BCUT2D eigenvalue weighted by Gasteiger charge is 2.17. The highest BCUT2D eigenvalue weighted by molar-refractivity contribution is 7.99. The molecule has 18 heavy (non-hydrogen) atoms. The van der Waals surface area contributed by atoms with Crippen LogP contribution in [0.15, 0.2) is 5.03 Å². The molecule has 0 aromatic carbocycles. The lowest BCUT2D eigenvalue weighted by molar-refractivity contribution is 0.639. The average molecular weight is 267 g/mol. The van der Waals surface area contributed by atoms with Crippen molar-refractivity contribution in [2.45, 2.75) is 64.3 Å². The van der Waals surface area contributed by atoms with Gasteiger partial charge >= 0.3 is 0 Å². The Labute approximate surface area is 115 Å². The summed E-state index contributed by atoms with van der Waals surface area (Å²) in [6.07, 6.45) is 1.91. The largest absolute Gasteiger partial charge is 0.326 e. The molecule has 1 atom stereocenters. The van der Waals surface area contributed by atoms with E-state index in [1.807, 2.05) is 0 Å². The Morgan fingerprint density at radius 2 is 1.72 bits per heavy atom. The maximum Gasteiger partial charge on any atom is 0.124 e. The summed E-state index contributed by atoms with van der Waals surface area (Å²) in [4.78, 5) is 0. The molecule has 3 nitrogen and oxygen atoms in total. The van der Waals surface area contributed by atoms with Crippen molar-refractivity contribution in [2.24, 2.45) is 11.7 Å². The first kappa shape index (κ1) is 15.4. The van der Waals surface area contributed by atoms with Gasteiger partial charge in [-0.2, -0.15) is 5.10 Å². The molecule has 0 saturated heterocycles. The molecule has 0 saturated carbocycles. The quantitative estimate of drug-likeness (QED) is 0.804. The van der Waals surface area contributed by atoms with Gasteiger partial charge < -0.3 is 5.73 Å². The molecule has 1 aromatic heterocycles. The molecule has 1 rings (SSSR count). The van der Waals surface area contributed by atoms with Gasteiger partial charge in [-0.15, -0.1) is 16.9 Å². The average Bonchev–Trinajstić information content (AvgIpc) is 2.37. The zero-order chi connectivity index (χ0) is 13.7. The zero-order valence-corrected chi connectivity index (χ0v) is 13.0. The van der Waals surface area contributed by atoms with Crippen LogP contribution in [-0.4, -0.2) is 15.4 Å². The molecule has 1 unspecified atom stereocenters. The summed E-state index contributed by atoms with van der Waals surface area (Å²) in [6.45, 7) is 11.5. The second-order valence-electron chi connectivity index (χ2n) is 4.89. The van der Waals surface area contributed by atoms with Crippen LogP contribution in [0.3, 0.4) is 0 Å². The van der Waals surface area contributed by atoms with Gasteiger partial charge in [0.05, 0.1) is 5.69 Å². The van der Waals surface area contributed by atoms with E-state index in [2.05, 4.69) is 44.8 Å². The first-order valence-electron chi connectivity index (χ1n) is 6.79.